The summed E-state index contributed by atoms with van der Waals surface area (Å²) in [6.07, 6.45) is 0. The summed E-state index contributed by atoms with van der Waals surface area (Å²) in [4.78, 5) is 0. The molecule has 17 heavy (non-hydrogen) atoms. The van der Waals surface area contributed by atoms with Gasteiger partial charge in [0.2, 0.25) is 0 Å². The Morgan fingerprint density at radius 3 is 2.29 bits per heavy atom. The third kappa shape index (κ3) is 3.01. The van der Waals surface area contributed by atoms with Crippen molar-refractivity contribution >= 4 is 39.1 Å². The van der Waals surface area contributed by atoms with Gasteiger partial charge < -0.3 is 0 Å². The Morgan fingerprint density at radius 2 is 1.71 bits per heavy atom. The summed E-state index contributed by atoms with van der Waals surface area (Å²) in [6.45, 7) is 0. The molecule has 0 aliphatic heterocycles. The van der Waals surface area contributed by atoms with E-state index >= 15 is 0 Å². The summed E-state index contributed by atoms with van der Waals surface area (Å²) < 4.78 is 13.7. The Labute approximate surface area is 117 Å². The Hall–Kier alpha value is -0.570. The fourth-order valence-corrected chi connectivity index (χ4v) is 2.90. The van der Waals surface area contributed by atoms with Crippen LogP contribution in [0.1, 0.15) is 16.5 Å². The van der Waals surface area contributed by atoms with Gasteiger partial charge in [-0.15, -0.1) is 11.6 Å². The van der Waals surface area contributed by atoms with Gasteiger partial charge in [0.05, 0.1) is 5.38 Å². The number of hydrogen-bond donors (Lipinski definition) is 0. The molecule has 88 valence electrons. The van der Waals surface area contributed by atoms with Gasteiger partial charge in [-0.1, -0.05) is 45.7 Å². The van der Waals surface area contributed by atoms with Gasteiger partial charge in [-0.05, 0) is 35.4 Å². The van der Waals surface area contributed by atoms with E-state index in [0.29, 0.717) is 5.02 Å². The van der Waals surface area contributed by atoms with Crippen LogP contribution in [0, 0.1) is 5.82 Å². The van der Waals surface area contributed by atoms with Crippen LogP contribution in [0.5, 0.6) is 0 Å². The summed E-state index contributed by atoms with van der Waals surface area (Å²) in [7, 11) is 0. The fraction of sp³-hybridized carbons (Fsp3) is 0.0769. The van der Waals surface area contributed by atoms with Gasteiger partial charge in [0.1, 0.15) is 5.82 Å². The van der Waals surface area contributed by atoms with Gasteiger partial charge in [-0.25, -0.2) is 4.39 Å². The highest BCUT2D eigenvalue weighted by Crippen LogP contribution is 2.35. The van der Waals surface area contributed by atoms with Crippen molar-refractivity contribution in [2.24, 2.45) is 0 Å². The first-order valence-electron chi connectivity index (χ1n) is 4.92. The van der Waals surface area contributed by atoms with E-state index in [1.165, 1.54) is 12.1 Å². The molecule has 0 aromatic heterocycles. The molecular weight excluding hydrogens is 326 g/mol. The molecule has 2 aromatic carbocycles. The van der Waals surface area contributed by atoms with Crippen LogP contribution in [-0.2, 0) is 0 Å². The molecule has 4 heteroatoms. The minimum atomic E-state index is -0.331. The Bertz CT molecular complexity index is 525. The van der Waals surface area contributed by atoms with E-state index in [2.05, 4.69) is 15.9 Å². The largest absolute Gasteiger partial charge is 0.207 e. The van der Waals surface area contributed by atoms with Gasteiger partial charge in [0, 0.05) is 9.50 Å². The zero-order valence-corrected chi connectivity index (χ0v) is 11.7. The zero-order valence-electron chi connectivity index (χ0n) is 8.63. The summed E-state index contributed by atoms with van der Waals surface area (Å²) >= 11 is 15.6. The van der Waals surface area contributed by atoms with E-state index in [1.807, 2.05) is 6.07 Å². The molecule has 0 saturated heterocycles. The van der Waals surface area contributed by atoms with Gasteiger partial charge in [0.25, 0.3) is 0 Å². The van der Waals surface area contributed by atoms with Crippen molar-refractivity contribution in [1.29, 1.82) is 0 Å². The van der Waals surface area contributed by atoms with Crippen LogP contribution in [0.25, 0.3) is 0 Å². The molecule has 0 N–H and O–H groups in total. The van der Waals surface area contributed by atoms with E-state index < -0.39 is 0 Å². The molecule has 0 spiro atoms. The molecule has 0 radical (unpaired) electrons. The highest BCUT2D eigenvalue weighted by atomic mass is 79.9. The number of rotatable bonds is 2. The van der Waals surface area contributed by atoms with Gasteiger partial charge >= 0.3 is 0 Å². The third-order valence-electron chi connectivity index (χ3n) is 2.40. The first-order chi connectivity index (χ1) is 8.08. The first kappa shape index (κ1) is 12.9. The van der Waals surface area contributed by atoms with Gasteiger partial charge in [-0.3, -0.25) is 0 Å². The number of halogens is 4. The molecule has 0 heterocycles. The van der Waals surface area contributed by atoms with E-state index in [4.69, 9.17) is 23.2 Å². The highest BCUT2D eigenvalue weighted by Gasteiger charge is 2.14. The normalized spacial score (nSPS) is 12.5. The Kier molecular flexibility index (Phi) is 4.08. The molecule has 0 bridgehead atoms. The molecule has 0 amide bonds. The monoisotopic (exact) mass is 332 g/mol. The van der Waals surface area contributed by atoms with Crippen LogP contribution >= 0.6 is 39.1 Å². The van der Waals surface area contributed by atoms with E-state index in [0.717, 1.165) is 15.6 Å². The van der Waals surface area contributed by atoms with Crippen LogP contribution in [0.4, 0.5) is 4.39 Å². The van der Waals surface area contributed by atoms with Crippen molar-refractivity contribution in [2.45, 2.75) is 5.38 Å². The summed E-state index contributed by atoms with van der Waals surface area (Å²) in [6, 6.07) is 11.6. The maximum atomic E-state index is 12.8. The van der Waals surface area contributed by atoms with Crippen molar-refractivity contribution in [3.63, 3.8) is 0 Å². The maximum Gasteiger partial charge on any atom is 0.123 e. The maximum absolute atomic E-state index is 12.8. The Morgan fingerprint density at radius 1 is 1.06 bits per heavy atom. The fourth-order valence-electron chi connectivity index (χ4n) is 1.52. The average Bonchev–Trinajstić information content (AvgIpc) is 2.29. The molecule has 0 fully saturated rings. The van der Waals surface area contributed by atoms with Crippen LogP contribution in [-0.4, -0.2) is 0 Å². The minimum absolute atomic E-state index is 0.271. The van der Waals surface area contributed by atoms with Crippen LogP contribution in [0.2, 0.25) is 5.02 Å². The highest BCUT2D eigenvalue weighted by molar-refractivity contribution is 9.10. The lowest BCUT2D eigenvalue weighted by atomic mass is 10.0. The summed E-state index contributed by atoms with van der Waals surface area (Å²) in [5, 5.41) is 0.311. The van der Waals surface area contributed by atoms with E-state index in [-0.39, 0.29) is 11.2 Å². The molecule has 0 aliphatic rings. The molecule has 0 saturated carbocycles. The first-order valence-corrected chi connectivity index (χ1v) is 6.53. The second-order valence-electron chi connectivity index (χ2n) is 3.58. The second-order valence-corrected chi connectivity index (χ2v) is 5.31. The van der Waals surface area contributed by atoms with Crippen LogP contribution in [0.15, 0.2) is 46.9 Å². The molecule has 0 aliphatic carbocycles. The summed E-state index contributed by atoms with van der Waals surface area (Å²) in [5.74, 6) is -0.271. The SMILES string of the molecule is Fc1ccc(C(Cl)c2ccc(Cl)cc2Br)cc1. The van der Waals surface area contributed by atoms with Crippen LogP contribution in [0.3, 0.4) is 0 Å². The number of alkyl halides is 1. The van der Waals surface area contributed by atoms with Gasteiger partial charge in [0.15, 0.2) is 0 Å². The standard InChI is InChI=1S/C13H8BrCl2F/c14-12-7-9(15)3-6-11(12)13(16)8-1-4-10(17)5-2-8/h1-7,13H. The lowest BCUT2D eigenvalue weighted by molar-refractivity contribution is 0.627. The average molecular weight is 334 g/mol. The smallest absolute Gasteiger partial charge is 0.123 e. The lowest BCUT2D eigenvalue weighted by Crippen LogP contribution is -1.94. The van der Waals surface area contributed by atoms with Crippen molar-refractivity contribution in [3.8, 4) is 0 Å². The zero-order chi connectivity index (χ0) is 12.4. The molecule has 1 atom stereocenters. The van der Waals surface area contributed by atoms with Crippen molar-refractivity contribution in [3.05, 3.63) is 68.9 Å². The predicted molar refractivity (Wildman–Crippen MR) is 73.2 cm³/mol. The molecule has 0 nitrogen and oxygen atoms in total. The minimum Gasteiger partial charge on any atom is -0.207 e. The van der Waals surface area contributed by atoms with Gasteiger partial charge in [-0.2, -0.15) is 0 Å². The second kappa shape index (κ2) is 5.38. The summed E-state index contributed by atoms with van der Waals surface area (Å²) in [5.41, 5.74) is 1.75. The molecule has 1 unspecified atom stereocenters. The van der Waals surface area contributed by atoms with E-state index in [9.17, 15) is 4.39 Å². The quantitative estimate of drug-likeness (QED) is 0.630. The molecule has 2 rings (SSSR count). The van der Waals surface area contributed by atoms with Crippen molar-refractivity contribution in [2.75, 3.05) is 0 Å². The molecule has 2 aromatic rings. The van der Waals surface area contributed by atoms with E-state index in [1.54, 1.807) is 24.3 Å². The predicted octanol–water partition coefficient (Wildman–Crippen LogP) is 5.57. The van der Waals surface area contributed by atoms with Crippen molar-refractivity contribution in [1.82, 2.24) is 0 Å². The lowest BCUT2D eigenvalue weighted by Gasteiger charge is -2.12. The topological polar surface area (TPSA) is 0 Å². The van der Waals surface area contributed by atoms with Crippen LogP contribution < -0.4 is 0 Å². The third-order valence-corrected chi connectivity index (χ3v) is 3.81. The molecular formula is C13H8BrCl2F. The number of hydrogen-bond acceptors (Lipinski definition) is 0. The van der Waals surface area contributed by atoms with Crippen molar-refractivity contribution < 1.29 is 4.39 Å². The number of benzene rings is 2. The Balaban J connectivity index is 2.36.